The Morgan fingerprint density at radius 2 is 1.76 bits per heavy atom. The topological polar surface area (TPSA) is 134 Å². The number of pyridine rings is 1. The Labute approximate surface area is 340 Å². The van der Waals surface area contributed by atoms with E-state index in [1.807, 2.05) is 73.6 Å². The van der Waals surface area contributed by atoms with Gasteiger partial charge in [-0.2, -0.15) is 0 Å². The van der Waals surface area contributed by atoms with Gasteiger partial charge in [0.15, 0.2) is 0 Å². The van der Waals surface area contributed by atoms with Crippen LogP contribution in [0, 0.1) is 6.92 Å². The Kier molecular flexibility index (Phi) is 11.5. The number of nitrogens with one attached hydrogen (secondary N) is 3. The van der Waals surface area contributed by atoms with Gasteiger partial charge < -0.3 is 30.3 Å². The summed E-state index contributed by atoms with van der Waals surface area (Å²) in [5, 5.41) is 10.5. The third kappa shape index (κ3) is 8.47. The Morgan fingerprint density at radius 3 is 2.52 bits per heavy atom. The van der Waals surface area contributed by atoms with E-state index >= 15 is 0 Å². The minimum Gasteiger partial charge on any atom is -0.484 e. The van der Waals surface area contributed by atoms with Gasteiger partial charge >= 0.3 is 0 Å². The van der Waals surface area contributed by atoms with Gasteiger partial charge in [-0.05, 0) is 97.8 Å². The van der Waals surface area contributed by atoms with Crippen LogP contribution in [-0.4, -0.2) is 88.0 Å². The van der Waals surface area contributed by atoms with E-state index in [1.54, 1.807) is 0 Å². The molecule has 6 heterocycles. The summed E-state index contributed by atoms with van der Waals surface area (Å²) in [7, 11) is 0. The first-order valence-corrected chi connectivity index (χ1v) is 20.6. The standard InChI is InChI=1S/C44H46N8O4.C2H6/c1-27-37(24-46-43-42(27)45-17-20-55-43)32-5-6-33-23-47-44(50-38(33)22-32)49-34-9-3-29(4-10-34)21-41(54)52-25-35(26-52)51-18-15-31(16-19-51)30-7-11-36(12-8-30)56-39-13-14-40(53)48-28(39)2;1-2/h3-12,22-24,31,35,39,45H,2,13-21,25-26H2,1H3,(H,48,53)(H,47,49,50);1-2H3. The molecule has 0 spiro atoms. The average molecular weight is 781 g/mol. The number of aromatic nitrogens is 3. The summed E-state index contributed by atoms with van der Waals surface area (Å²) in [6.45, 7) is 15.0. The lowest BCUT2D eigenvalue weighted by Crippen LogP contribution is -2.62. The highest BCUT2D eigenvalue weighted by atomic mass is 16.5. The number of hydrogen-bond donors (Lipinski definition) is 3. The molecule has 12 heteroatoms. The highest BCUT2D eigenvalue weighted by molar-refractivity contribution is 5.87. The van der Waals surface area contributed by atoms with Crippen LogP contribution in [0.2, 0.25) is 0 Å². The Morgan fingerprint density at radius 1 is 0.983 bits per heavy atom. The summed E-state index contributed by atoms with van der Waals surface area (Å²) in [4.78, 5) is 43.2. The van der Waals surface area contributed by atoms with Crippen molar-refractivity contribution in [1.29, 1.82) is 0 Å². The van der Waals surface area contributed by atoms with Crippen LogP contribution in [0.15, 0.2) is 91.4 Å². The molecule has 3 fully saturated rings. The molecule has 3 aromatic carbocycles. The highest BCUT2D eigenvalue weighted by Gasteiger charge is 2.36. The van der Waals surface area contributed by atoms with Crippen LogP contribution in [0.3, 0.4) is 0 Å². The van der Waals surface area contributed by atoms with E-state index in [0.29, 0.717) is 55.4 Å². The predicted molar refractivity (Wildman–Crippen MR) is 228 cm³/mol. The number of rotatable bonds is 9. The van der Waals surface area contributed by atoms with Crippen LogP contribution in [0.5, 0.6) is 11.6 Å². The van der Waals surface area contributed by atoms with E-state index < -0.39 is 0 Å². The maximum Gasteiger partial charge on any atom is 0.237 e. The Balaban J connectivity index is 0.00000231. The summed E-state index contributed by atoms with van der Waals surface area (Å²) in [6, 6.07) is 22.9. The first kappa shape index (κ1) is 38.8. The van der Waals surface area contributed by atoms with E-state index in [2.05, 4.69) is 68.6 Å². The molecule has 58 heavy (non-hydrogen) atoms. The summed E-state index contributed by atoms with van der Waals surface area (Å²) < 4.78 is 11.8. The summed E-state index contributed by atoms with van der Waals surface area (Å²) in [5.41, 5.74) is 8.73. The molecule has 12 nitrogen and oxygen atoms in total. The number of anilines is 3. The number of hydrogen-bond acceptors (Lipinski definition) is 10. The van der Waals surface area contributed by atoms with Crippen molar-refractivity contribution in [3.05, 3.63) is 108 Å². The first-order valence-electron chi connectivity index (χ1n) is 20.6. The van der Waals surface area contributed by atoms with Crippen molar-refractivity contribution in [2.75, 3.05) is 50.0 Å². The van der Waals surface area contributed by atoms with Gasteiger partial charge in [-0.3, -0.25) is 14.5 Å². The smallest absolute Gasteiger partial charge is 0.237 e. The quantitative estimate of drug-likeness (QED) is 0.139. The van der Waals surface area contributed by atoms with Crippen LogP contribution in [0.25, 0.3) is 22.0 Å². The molecule has 2 amide bonds. The van der Waals surface area contributed by atoms with Gasteiger partial charge in [-0.1, -0.05) is 56.8 Å². The van der Waals surface area contributed by atoms with Gasteiger partial charge in [0.05, 0.1) is 17.6 Å². The maximum absolute atomic E-state index is 13.2. The zero-order valence-corrected chi connectivity index (χ0v) is 33.6. The molecular weight excluding hydrogens is 729 g/mol. The second-order valence-electron chi connectivity index (χ2n) is 15.3. The summed E-state index contributed by atoms with van der Waals surface area (Å²) >= 11 is 0. The van der Waals surface area contributed by atoms with Crippen molar-refractivity contribution in [2.24, 2.45) is 0 Å². The number of carbonyl (C=O) groups is 2. The minimum absolute atomic E-state index is 0.00260. The monoisotopic (exact) mass is 780 g/mol. The van der Waals surface area contributed by atoms with Crippen LogP contribution in [0.4, 0.5) is 17.3 Å². The number of nitrogens with zero attached hydrogens (tertiary/aromatic N) is 5. The number of likely N-dealkylation sites (tertiary alicyclic amines) is 2. The van der Waals surface area contributed by atoms with Crippen molar-refractivity contribution < 1.29 is 19.1 Å². The molecule has 1 atom stereocenters. The zero-order chi connectivity index (χ0) is 40.2. The molecule has 2 aromatic heterocycles. The molecule has 3 N–H and O–H groups in total. The largest absolute Gasteiger partial charge is 0.484 e. The molecule has 0 radical (unpaired) electrons. The molecule has 4 aliphatic heterocycles. The molecule has 300 valence electrons. The molecule has 4 aliphatic rings. The van der Waals surface area contributed by atoms with Gasteiger partial charge in [-0.15, -0.1) is 0 Å². The summed E-state index contributed by atoms with van der Waals surface area (Å²) in [5.74, 6) is 2.64. The van der Waals surface area contributed by atoms with Crippen LogP contribution in [-0.2, 0) is 16.0 Å². The normalized spacial score (nSPS) is 18.5. The third-order valence-corrected chi connectivity index (χ3v) is 11.6. The van der Waals surface area contributed by atoms with Gasteiger partial charge in [-0.25, -0.2) is 15.0 Å². The van der Waals surface area contributed by atoms with Gasteiger partial charge in [0.1, 0.15) is 24.1 Å². The summed E-state index contributed by atoms with van der Waals surface area (Å²) in [6.07, 6.45) is 7.19. The fourth-order valence-corrected chi connectivity index (χ4v) is 8.24. The zero-order valence-electron chi connectivity index (χ0n) is 33.6. The number of carbonyl (C=O) groups excluding carboxylic acids is 2. The first-order chi connectivity index (χ1) is 28.3. The van der Waals surface area contributed by atoms with E-state index in [9.17, 15) is 9.59 Å². The lowest BCUT2D eigenvalue weighted by Gasteiger charge is -2.47. The van der Waals surface area contributed by atoms with Crippen LogP contribution in [0.1, 0.15) is 62.1 Å². The van der Waals surface area contributed by atoms with E-state index in [1.165, 1.54) is 5.56 Å². The van der Waals surface area contributed by atoms with Crippen molar-refractivity contribution in [2.45, 2.75) is 70.9 Å². The number of piperidine rings is 2. The minimum atomic E-state index is -0.185. The Hall–Kier alpha value is -6.01. The number of ether oxygens (including phenoxy) is 2. The molecular formula is C46H52N8O4. The molecule has 1 unspecified atom stereocenters. The lowest BCUT2D eigenvalue weighted by molar-refractivity contribution is -0.138. The number of amides is 2. The molecule has 0 saturated carbocycles. The van der Waals surface area contributed by atoms with E-state index in [0.717, 1.165) is 95.8 Å². The van der Waals surface area contributed by atoms with E-state index in [4.69, 9.17) is 14.5 Å². The fourth-order valence-electron chi connectivity index (χ4n) is 8.24. The SMILES string of the molecule is C=C1NC(=O)CCC1Oc1ccc(C2CCN(C3CN(C(=O)Cc4ccc(Nc5ncc6ccc(-c7cnc8c(c7C)NCCO8)cc6n5)cc4)C3)CC2)cc1.CC. The predicted octanol–water partition coefficient (Wildman–Crippen LogP) is 7.38. The molecule has 0 aliphatic carbocycles. The van der Waals surface area contributed by atoms with Crippen molar-refractivity contribution in [3.63, 3.8) is 0 Å². The van der Waals surface area contributed by atoms with Crippen molar-refractivity contribution in [1.82, 2.24) is 30.1 Å². The van der Waals surface area contributed by atoms with Crippen LogP contribution < -0.4 is 25.4 Å². The third-order valence-electron chi connectivity index (χ3n) is 11.6. The average Bonchev–Trinajstić information content (AvgIpc) is 3.23. The molecule has 0 bridgehead atoms. The second-order valence-corrected chi connectivity index (χ2v) is 15.3. The Bertz CT molecular complexity index is 2280. The van der Waals surface area contributed by atoms with Crippen LogP contribution >= 0.6 is 0 Å². The van der Waals surface area contributed by atoms with Crippen molar-refractivity contribution >= 4 is 40.0 Å². The molecule has 9 rings (SSSR count). The maximum atomic E-state index is 13.2. The second kappa shape index (κ2) is 17.2. The van der Waals surface area contributed by atoms with Gasteiger partial charge in [0.2, 0.25) is 23.6 Å². The van der Waals surface area contributed by atoms with Gasteiger partial charge in [0, 0.05) is 61.1 Å². The number of fused-ring (bicyclic) bond motifs is 2. The highest BCUT2D eigenvalue weighted by Crippen LogP contribution is 2.36. The van der Waals surface area contributed by atoms with Crippen molar-refractivity contribution in [3.8, 4) is 22.8 Å². The number of benzene rings is 3. The van der Waals surface area contributed by atoms with Gasteiger partial charge in [0.25, 0.3) is 0 Å². The molecule has 5 aromatic rings. The van der Waals surface area contributed by atoms with E-state index in [-0.39, 0.29) is 17.9 Å². The fraction of sp³-hybridized carbons (Fsp3) is 0.370. The lowest BCUT2D eigenvalue weighted by atomic mass is 9.88. The molecule has 3 saturated heterocycles.